The summed E-state index contributed by atoms with van der Waals surface area (Å²) in [5.74, 6) is 0.896. The van der Waals surface area contributed by atoms with Crippen molar-refractivity contribution in [3.8, 4) is 16.9 Å². The average molecular weight is 331 g/mol. The summed E-state index contributed by atoms with van der Waals surface area (Å²) in [6, 6.07) is 15.9. The van der Waals surface area contributed by atoms with Gasteiger partial charge in [0.25, 0.3) is 5.91 Å². The predicted molar refractivity (Wildman–Crippen MR) is 94.5 cm³/mol. The number of nitrogens with one attached hydrogen (secondary N) is 1. The van der Waals surface area contributed by atoms with Gasteiger partial charge in [-0.1, -0.05) is 30.3 Å². The molecule has 5 heteroatoms. The van der Waals surface area contributed by atoms with Crippen molar-refractivity contribution < 1.29 is 9.53 Å². The van der Waals surface area contributed by atoms with Crippen molar-refractivity contribution in [3.63, 3.8) is 0 Å². The van der Waals surface area contributed by atoms with Gasteiger partial charge in [0.05, 0.1) is 6.20 Å². The third-order valence-electron chi connectivity index (χ3n) is 5.14. The van der Waals surface area contributed by atoms with Gasteiger partial charge in [-0.25, -0.2) is 0 Å². The molecule has 1 N–H and O–H groups in total. The molecule has 5 nitrogen and oxygen atoms in total. The molecule has 0 saturated carbocycles. The first-order valence-electron chi connectivity index (χ1n) is 8.43. The second-order valence-corrected chi connectivity index (χ2v) is 6.62. The zero-order valence-electron chi connectivity index (χ0n) is 13.6. The van der Waals surface area contributed by atoms with E-state index in [1.54, 1.807) is 6.20 Å². The Morgan fingerprint density at radius 1 is 1.08 bits per heavy atom. The second kappa shape index (κ2) is 5.21. The highest BCUT2D eigenvalue weighted by Crippen LogP contribution is 2.42. The van der Waals surface area contributed by atoms with E-state index >= 15 is 0 Å². The first-order chi connectivity index (χ1) is 12.3. The zero-order chi connectivity index (χ0) is 16.9. The summed E-state index contributed by atoms with van der Waals surface area (Å²) in [7, 11) is 0. The summed E-state index contributed by atoms with van der Waals surface area (Å²) >= 11 is 0. The number of aromatic amines is 1. The summed E-state index contributed by atoms with van der Waals surface area (Å²) in [5, 5.41) is 6.79. The van der Waals surface area contributed by atoms with Crippen LogP contribution in [0.3, 0.4) is 0 Å². The molecule has 0 aliphatic carbocycles. The minimum Gasteiger partial charge on any atom is -0.477 e. The molecule has 3 aromatic rings. The van der Waals surface area contributed by atoms with E-state index in [4.69, 9.17) is 4.74 Å². The monoisotopic (exact) mass is 331 g/mol. The van der Waals surface area contributed by atoms with Gasteiger partial charge in [0.1, 0.15) is 5.75 Å². The SMILES string of the molecule is O=C1N(c2ccc(-c3cn[nH]c3)cc2)CC[C@]12Cc1ccccc1O2. The topological polar surface area (TPSA) is 58.2 Å². The quantitative estimate of drug-likeness (QED) is 0.784. The van der Waals surface area contributed by atoms with Crippen LogP contribution in [0.15, 0.2) is 60.9 Å². The first kappa shape index (κ1) is 14.3. The number of amides is 1. The lowest BCUT2D eigenvalue weighted by Crippen LogP contribution is -2.44. The number of nitrogens with zero attached hydrogens (tertiary/aromatic N) is 2. The first-order valence-corrected chi connectivity index (χ1v) is 8.43. The molecule has 3 heterocycles. The van der Waals surface area contributed by atoms with E-state index in [9.17, 15) is 4.79 Å². The number of fused-ring (bicyclic) bond motifs is 1. The molecule has 1 aromatic heterocycles. The van der Waals surface area contributed by atoms with Crippen LogP contribution in [0.4, 0.5) is 5.69 Å². The number of rotatable bonds is 2. The highest BCUT2D eigenvalue weighted by molar-refractivity contribution is 6.03. The smallest absolute Gasteiger partial charge is 0.271 e. The van der Waals surface area contributed by atoms with Crippen LogP contribution < -0.4 is 9.64 Å². The van der Waals surface area contributed by atoms with Crippen molar-refractivity contribution in [3.05, 3.63) is 66.5 Å². The molecule has 1 saturated heterocycles. The van der Waals surface area contributed by atoms with Crippen LogP contribution in [0.25, 0.3) is 11.1 Å². The lowest BCUT2D eigenvalue weighted by molar-refractivity contribution is -0.129. The predicted octanol–water partition coefficient (Wildman–Crippen LogP) is 3.19. The molecule has 1 fully saturated rings. The Balaban J connectivity index is 1.41. The average Bonchev–Trinajstić information content (AvgIpc) is 3.36. The normalized spacial score (nSPS) is 21.6. The van der Waals surface area contributed by atoms with E-state index in [1.807, 2.05) is 59.6 Å². The van der Waals surface area contributed by atoms with E-state index in [2.05, 4.69) is 10.2 Å². The molecule has 5 rings (SSSR count). The maximum absolute atomic E-state index is 13.1. The van der Waals surface area contributed by atoms with Crippen LogP contribution in [0.2, 0.25) is 0 Å². The van der Waals surface area contributed by atoms with Gasteiger partial charge in [0.15, 0.2) is 5.60 Å². The fourth-order valence-electron chi connectivity index (χ4n) is 3.80. The van der Waals surface area contributed by atoms with Crippen molar-refractivity contribution in [1.29, 1.82) is 0 Å². The van der Waals surface area contributed by atoms with Crippen LogP contribution in [-0.4, -0.2) is 28.3 Å². The number of anilines is 1. The summed E-state index contributed by atoms with van der Waals surface area (Å²) in [6.07, 6.45) is 5.01. The Kier molecular flexibility index (Phi) is 2.98. The fourth-order valence-corrected chi connectivity index (χ4v) is 3.80. The lowest BCUT2D eigenvalue weighted by Gasteiger charge is -2.23. The van der Waals surface area contributed by atoms with Crippen molar-refractivity contribution in [2.45, 2.75) is 18.4 Å². The number of hydrogen-bond acceptors (Lipinski definition) is 3. The number of H-pyrrole nitrogens is 1. The molecule has 0 unspecified atom stereocenters. The second-order valence-electron chi connectivity index (χ2n) is 6.62. The molecular weight excluding hydrogens is 314 g/mol. The van der Waals surface area contributed by atoms with Crippen LogP contribution in [0, 0.1) is 0 Å². The highest BCUT2D eigenvalue weighted by atomic mass is 16.5. The summed E-state index contributed by atoms with van der Waals surface area (Å²) in [4.78, 5) is 14.9. The molecule has 2 aliphatic heterocycles. The van der Waals surface area contributed by atoms with E-state index in [-0.39, 0.29) is 5.91 Å². The number of carbonyl (C=O) groups excluding carboxylic acids is 1. The van der Waals surface area contributed by atoms with Gasteiger partial charge in [0, 0.05) is 36.8 Å². The number of ether oxygens (including phenoxy) is 1. The molecule has 1 amide bonds. The van der Waals surface area contributed by atoms with Crippen molar-refractivity contribution >= 4 is 11.6 Å². The third-order valence-corrected chi connectivity index (χ3v) is 5.14. The van der Waals surface area contributed by atoms with Gasteiger partial charge in [-0.3, -0.25) is 9.89 Å². The van der Waals surface area contributed by atoms with Gasteiger partial charge in [-0.2, -0.15) is 5.10 Å². The van der Waals surface area contributed by atoms with Crippen LogP contribution in [-0.2, 0) is 11.2 Å². The standard InChI is InChI=1S/C20H17N3O2/c24-19-20(11-15-3-1-2-4-18(15)25-20)9-10-23(19)17-7-5-14(6-8-17)16-12-21-22-13-16/h1-8,12-13H,9-11H2,(H,21,22)/t20-/m0/s1. The molecule has 2 aliphatic rings. The van der Waals surface area contributed by atoms with Crippen molar-refractivity contribution in [2.75, 3.05) is 11.4 Å². The fraction of sp³-hybridized carbons (Fsp3) is 0.200. The number of hydrogen-bond donors (Lipinski definition) is 1. The Bertz CT molecular complexity index is 907. The summed E-state index contributed by atoms with van der Waals surface area (Å²) in [6.45, 7) is 0.678. The molecule has 1 atom stereocenters. The molecule has 1 spiro atoms. The van der Waals surface area contributed by atoms with Crippen molar-refractivity contribution in [2.24, 2.45) is 0 Å². The largest absolute Gasteiger partial charge is 0.477 e. The minimum atomic E-state index is -0.729. The molecule has 0 bridgehead atoms. The summed E-state index contributed by atoms with van der Waals surface area (Å²) in [5.41, 5.74) is 3.41. The Morgan fingerprint density at radius 3 is 2.68 bits per heavy atom. The number of para-hydroxylation sites is 1. The number of carbonyl (C=O) groups is 1. The minimum absolute atomic E-state index is 0.0553. The summed E-state index contributed by atoms with van der Waals surface area (Å²) < 4.78 is 6.10. The maximum Gasteiger partial charge on any atom is 0.271 e. The number of benzene rings is 2. The molecule has 124 valence electrons. The Hall–Kier alpha value is -3.08. The van der Waals surface area contributed by atoms with Crippen LogP contribution >= 0.6 is 0 Å². The highest BCUT2D eigenvalue weighted by Gasteiger charge is 2.52. The van der Waals surface area contributed by atoms with Crippen molar-refractivity contribution in [1.82, 2.24) is 10.2 Å². The van der Waals surface area contributed by atoms with E-state index < -0.39 is 5.60 Å². The molecule has 2 aromatic carbocycles. The van der Waals surface area contributed by atoms with E-state index in [0.717, 1.165) is 28.1 Å². The van der Waals surface area contributed by atoms with Gasteiger partial charge < -0.3 is 9.64 Å². The van der Waals surface area contributed by atoms with E-state index in [0.29, 0.717) is 19.4 Å². The van der Waals surface area contributed by atoms with E-state index in [1.165, 1.54) is 0 Å². The zero-order valence-corrected chi connectivity index (χ0v) is 13.6. The maximum atomic E-state index is 13.1. The Labute approximate surface area is 145 Å². The van der Waals surface area contributed by atoms with Gasteiger partial charge in [0.2, 0.25) is 0 Å². The lowest BCUT2D eigenvalue weighted by atomic mass is 9.96. The number of aromatic nitrogens is 2. The van der Waals surface area contributed by atoms with Crippen LogP contribution in [0.5, 0.6) is 5.75 Å². The third kappa shape index (κ3) is 2.16. The van der Waals surface area contributed by atoms with Gasteiger partial charge in [-0.15, -0.1) is 0 Å². The van der Waals surface area contributed by atoms with Crippen LogP contribution in [0.1, 0.15) is 12.0 Å². The molecule has 0 radical (unpaired) electrons. The van der Waals surface area contributed by atoms with Gasteiger partial charge >= 0.3 is 0 Å². The van der Waals surface area contributed by atoms with Gasteiger partial charge in [-0.05, 0) is 29.3 Å². The molecule has 25 heavy (non-hydrogen) atoms. The molecular formula is C20H17N3O2. The Morgan fingerprint density at radius 2 is 1.92 bits per heavy atom.